The molecule has 0 aromatic carbocycles. The third kappa shape index (κ3) is 2.95. The fraction of sp³-hybridized carbons (Fsp3) is 0.600. The van der Waals surface area contributed by atoms with Gasteiger partial charge in [-0.25, -0.2) is 4.79 Å². The van der Waals surface area contributed by atoms with Gasteiger partial charge in [-0.1, -0.05) is 6.07 Å². The number of aromatic nitrogens is 1. The van der Waals surface area contributed by atoms with Crippen molar-refractivity contribution < 1.29 is 9.53 Å². The summed E-state index contributed by atoms with van der Waals surface area (Å²) in [6, 6.07) is 3.64. The molecule has 1 fully saturated rings. The van der Waals surface area contributed by atoms with Crippen LogP contribution < -0.4 is 10.9 Å². The first-order valence-electron chi connectivity index (χ1n) is 7.46. The average molecular weight is 291 g/mol. The molecule has 0 spiro atoms. The first-order valence-corrected chi connectivity index (χ1v) is 7.46. The molecule has 1 aromatic rings. The highest BCUT2D eigenvalue weighted by Gasteiger charge is 2.24. The van der Waals surface area contributed by atoms with Gasteiger partial charge in [0.2, 0.25) is 5.56 Å². The van der Waals surface area contributed by atoms with Crippen LogP contribution in [0.1, 0.15) is 17.7 Å². The number of hydrogen-bond donors (Lipinski definition) is 1. The topological polar surface area (TPSA) is 63.6 Å². The third-order valence-electron chi connectivity index (χ3n) is 4.36. The molecular weight excluding hydrogens is 270 g/mol. The molecule has 1 N–H and O–H groups in total. The number of morpholine rings is 1. The molecule has 2 heterocycles. The standard InChI is InChI=1S/C15H21N3O3/c1-17-13-4-3-12(10-11(13)2-5-14(17)19)16-15(20)18-6-8-21-9-7-18/h2,5,12H,3-4,6-10H2,1H3,(H,16,20)/t12-/m0/s1. The Labute approximate surface area is 123 Å². The molecule has 1 aromatic heterocycles. The maximum absolute atomic E-state index is 12.2. The number of ether oxygens (including phenoxy) is 1. The van der Waals surface area contributed by atoms with Gasteiger partial charge < -0.3 is 19.5 Å². The Hall–Kier alpha value is -1.82. The van der Waals surface area contributed by atoms with E-state index in [9.17, 15) is 9.59 Å². The van der Waals surface area contributed by atoms with Crippen molar-refractivity contribution in [1.82, 2.24) is 14.8 Å². The quantitative estimate of drug-likeness (QED) is 0.808. The van der Waals surface area contributed by atoms with Crippen LogP contribution >= 0.6 is 0 Å². The number of nitrogens with zero attached hydrogens (tertiary/aromatic N) is 2. The number of amides is 2. The van der Waals surface area contributed by atoms with Crippen LogP contribution in [0.15, 0.2) is 16.9 Å². The molecule has 1 saturated heterocycles. The van der Waals surface area contributed by atoms with Gasteiger partial charge in [-0.15, -0.1) is 0 Å². The number of rotatable bonds is 1. The van der Waals surface area contributed by atoms with Crippen LogP contribution in [0.5, 0.6) is 0 Å². The lowest BCUT2D eigenvalue weighted by Crippen LogP contribution is -2.50. The molecule has 6 nitrogen and oxygen atoms in total. The summed E-state index contributed by atoms with van der Waals surface area (Å²) in [5.74, 6) is 0. The van der Waals surface area contributed by atoms with Crippen LogP contribution in [0.4, 0.5) is 4.79 Å². The second kappa shape index (κ2) is 5.89. The number of pyridine rings is 1. The van der Waals surface area contributed by atoms with Crippen molar-refractivity contribution >= 4 is 6.03 Å². The summed E-state index contributed by atoms with van der Waals surface area (Å²) in [5.41, 5.74) is 2.29. The van der Waals surface area contributed by atoms with E-state index in [0.717, 1.165) is 30.5 Å². The Balaban J connectivity index is 1.65. The highest BCUT2D eigenvalue weighted by Crippen LogP contribution is 2.19. The second-order valence-corrected chi connectivity index (χ2v) is 5.69. The van der Waals surface area contributed by atoms with Gasteiger partial charge in [0.25, 0.3) is 0 Å². The molecule has 2 amide bonds. The summed E-state index contributed by atoms with van der Waals surface area (Å²) >= 11 is 0. The maximum Gasteiger partial charge on any atom is 0.317 e. The maximum atomic E-state index is 12.2. The van der Waals surface area contributed by atoms with Crippen LogP contribution in [-0.4, -0.2) is 47.8 Å². The van der Waals surface area contributed by atoms with Crippen molar-refractivity contribution in [3.63, 3.8) is 0 Å². The van der Waals surface area contributed by atoms with Crippen molar-refractivity contribution in [3.05, 3.63) is 33.7 Å². The number of carbonyl (C=O) groups is 1. The van der Waals surface area contributed by atoms with Gasteiger partial charge >= 0.3 is 6.03 Å². The van der Waals surface area contributed by atoms with Crippen LogP contribution in [0.2, 0.25) is 0 Å². The van der Waals surface area contributed by atoms with E-state index in [4.69, 9.17) is 4.74 Å². The highest BCUT2D eigenvalue weighted by atomic mass is 16.5. The zero-order valence-corrected chi connectivity index (χ0v) is 12.3. The van der Waals surface area contributed by atoms with Crippen molar-refractivity contribution in [2.45, 2.75) is 25.3 Å². The normalized spacial score (nSPS) is 21.8. The van der Waals surface area contributed by atoms with E-state index in [1.54, 1.807) is 15.5 Å². The van der Waals surface area contributed by atoms with E-state index >= 15 is 0 Å². The Morgan fingerprint density at radius 1 is 1.33 bits per heavy atom. The first kappa shape index (κ1) is 14.1. The minimum absolute atomic E-state index is 0.00318. The molecular formula is C15H21N3O3. The van der Waals surface area contributed by atoms with E-state index in [0.29, 0.717) is 26.3 Å². The Morgan fingerprint density at radius 2 is 2.10 bits per heavy atom. The number of hydrogen-bond acceptors (Lipinski definition) is 3. The summed E-state index contributed by atoms with van der Waals surface area (Å²) < 4.78 is 6.97. The average Bonchev–Trinajstić information content (AvgIpc) is 2.52. The van der Waals surface area contributed by atoms with Gasteiger partial charge in [-0.3, -0.25) is 4.79 Å². The smallest absolute Gasteiger partial charge is 0.317 e. The number of nitrogens with one attached hydrogen (secondary N) is 1. The summed E-state index contributed by atoms with van der Waals surface area (Å²) in [6.07, 6.45) is 2.50. The summed E-state index contributed by atoms with van der Waals surface area (Å²) in [5, 5.41) is 3.11. The zero-order valence-electron chi connectivity index (χ0n) is 12.3. The lowest BCUT2D eigenvalue weighted by atomic mass is 9.91. The molecule has 6 heteroatoms. The number of carbonyl (C=O) groups excluding carboxylic acids is 1. The minimum Gasteiger partial charge on any atom is -0.378 e. The van der Waals surface area contributed by atoms with Gasteiger partial charge in [-0.05, 0) is 24.8 Å². The van der Waals surface area contributed by atoms with E-state index in [1.165, 1.54) is 0 Å². The molecule has 0 unspecified atom stereocenters. The van der Waals surface area contributed by atoms with Gasteiger partial charge in [0.1, 0.15) is 0 Å². The molecule has 3 rings (SSSR count). The molecule has 1 atom stereocenters. The predicted molar refractivity (Wildman–Crippen MR) is 78.4 cm³/mol. The fourth-order valence-corrected chi connectivity index (χ4v) is 3.08. The number of urea groups is 1. The summed E-state index contributed by atoms with van der Waals surface area (Å²) in [4.78, 5) is 25.6. The molecule has 0 radical (unpaired) electrons. The van der Waals surface area contributed by atoms with E-state index in [1.807, 2.05) is 13.1 Å². The fourth-order valence-electron chi connectivity index (χ4n) is 3.08. The van der Waals surface area contributed by atoms with Crippen molar-refractivity contribution in [2.24, 2.45) is 7.05 Å². The highest BCUT2D eigenvalue weighted by molar-refractivity contribution is 5.74. The molecule has 2 aliphatic rings. The zero-order chi connectivity index (χ0) is 14.8. The molecule has 1 aliphatic heterocycles. The van der Waals surface area contributed by atoms with Crippen LogP contribution in [-0.2, 0) is 24.6 Å². The SMILES string of the molecule is Cn1c2c(ccc1=O)C[C@@H](NC(=O)N1CCOCC1)CC2. The van der Waals surface area contributed by atoms with Gasteiger partial charge in [-0.2, -0.15) is 0 Å². The lowest BCUT2D eigenvalue weighted by molar-refractivity contribution is 0.0523. The van der Waals surface area contributed by atoms with Gasteiger partial charge in [0.15, 0.2) is 0 Å². The Bertz CT molecular complexity index is 590. The molecule has 21 heavy (non-hydrogen) atoms. The van der Waals surface area contributed by atoms with E-state index < -0.39 is 0 Å². The van der Waals surface area contributed by atoms with Crippen LogP contribution in [0.25, 0.3) is 0 Å². The monoisotopic (exact) mass is 291 g/mol. The van der Waals surface area contributed by atoms with Crippen molar-refractivity contribution in [3.8, 4) is 0 Å². The van der Waals surface area contributed by atoms with Crippen LogP contribution in [0.3, 0.4) is 0 Å². The largest absolute Gasteiger partial charge is 0.378 e. The number of fused-ring (bicyclic) bond motifs is 1. The minimum atomic E-state index is -0.00318. The first-order chi connectivity index (χ1) is 10.1. The third-order valence-corrected chi connectivity index (χ3v) is 4.36. The Morgan fingerprint density at radius 3 is 2.86 bits per heavy atom. The van der Waals surface area contributed by atoms with E-state index in [-0.39, 0.29) is 17.6 Å². The van der Waals surface area contributed by atoms with Crippen molar-refractivity contribution in [1.29, 1.82) is 0 Å². The molecule has 1 aliphatic carbocycles. The lowest BCUT2D eigenvalue weighted by Gasteiger charge is -2.31. The molecule has 114 valence electrons. The summed E-state index contributed by atoms with van der Waals surface area (Å²) in [6.45, 7) is 2.54. The second-order valence-electron chi connectivity index (χ2n) is 5.69. The van der Waals surface area contributed by atoms with Gasteiger partial charge in [0, 0.05) is 37.9 Å². The summed E-state index contributed by atoms with van der Waals surface area (Å²) in [7, 11) is 1.81. The molecule has 0 saturated carbocycles. The van der Waals surface area contributed by atoms with Crippen LogP contribution in [0, 0.1) is 0 Å². The predicted octanol–water partition coefficient (Wildman–Crippen LogP) is 0.284. The van der Waals surface area contributed by atoms with E-state index in [2.05, 4.69) is 5.32 Å². The molecule has 0 bridgehead atoms. The Kier molecular flexibility index (Phi) is 3.96. The van der Waals surface area contributed by atoms with Gasteiger partial charge in [0.05, 0.1) is 13.2 Å². The van der Waals surface area contributed by atoms with Crippen molar-refractivity contribution in [2.75, 3.05) is 26.3 Å².